The van der Waals surface area contributed by atoms with Crippen LogP contribution in [-0.2, 0) is 13.8 Å². The fourth-order valence-electron chi connectivity index (χ4n) is 1.70. The molecule has 0 saturated carbocycles. The Morgan fingerprint density at radius 1 is 1.43 bits per heavy atom. The number of nitrogens with zero attached hydrogens (tertiary/aromatic N) is 1. The van der Waals surface area contributed by atoms with Crippen molar-refractivity contribution in [2.75, 3.05) is 26.8 Å². The molecule has 0 N–H and O–H groups in total. The topological polar surface area (TPSA) is 63.7 Å². The summed E-state index contributed by atoms with van der Waals surface area (Å²) in [6.07, 6.45) is 0. The lowest BCUT2D eigenvalue weighted by atomic mass is 10.1. The summed E-state index contributed by atoms with van der Waals surface area (Å²) in [7, 11) is 2.66. The lowest BCUT2D eigenvalue weighted by Crippen LogP contribution is -2.30. The van der Waals surface area contributed by atoms with Gasteiger partial charge in [0.1, 0.15) is 5.82 Å². The number of ether oxygens (including phenoxy) is 1. The molecular formula is C13H17ClFNO4S. The van der Waals surface area contributed by atoms with Crippen molar-refractivity contribution >= 4 is 25.6 Å². The van der Waals surface area contributed by atoms with Gasteiger partial charge in [-0.1, -0.05) is 0 Å². The van der Waals surface area contributed by atoms with Gasteiger partial charge < -0.3 is 9.64 Å². The highest BCUT2D eigenvalue weighted by Gasteiger charge is 2.21. The zero-order valence-corrected chi connectivity index (χ0v) is 13.6. The number of carbonyl (C=O) groups is 1. The molecule has 21 heavy (non-hydrogen) atoms. The lowest BCUT2D eigenvalue weighted by Gasteiger charge is -2.18. The zero-order valence-electron chi connectivity index (χ0n) is 12.0. The van der Waals surface area contributed by atoms with Crippen LogP contribution in [0.15, 0.2) is 17.0 Å². The molecule has 5 nitrogen and oxygen atoms in total. The van der Waals surface area contributed by atoms with Crippen LogP contribution in [0, 0.1) is 12.7 Å². The number of rotatable bonds is 6. The molecule has 0 aliphatic carbocycles. The van der Waals surface area contributed by atoms with Crippen LogP contribution in [0.2, 0.25) is 0 Å². The van der Waals surface area contributed by atoms with Crippen LogP contribution in [0.25, 0.3) is 0 Å². The molecule has 0 bridgehead atoms. The molecule has 1 amide bonds. The Labute approximate surface area is 128 Å². The first-order chi connectivity index (χ1) is 9.68. The highest BCUT2D eigenvalue weighted by Crippen LogP contribution is 2.24. The fourth-order valence-corrected chi connectivity index (χ4v) is 2.91. The van der Waals surface area contributed by atoms with Crippen molar-refractivity contribution in [3.63, 3.8) is 0 Å². The van der Waals surface area contributed by atoms with Crippen molar-refractivity contribution in [2.45, 2.75) is 18.7 Å². The second-order valence-corrected chi connectivity index (χ2v) is 6.98. The van der Waals surface area contributed by atoms with E-state index in [1.807, 2.05) is 6.92 Å². The van der Waals surface area contributed by atoms with Gasteiger partial charge >= 0.3 is 0 Å². The summed E-state index contributed by atoms with van der Waals surface area (Å²) in [5.41, 5.74) is -0.185. The molecule has 0 aliphatic heterocycles. The maximum absolute atomic E-state index is 13.8. The molecule has 0 heterocycles. The minimum atomic E-state index is -4.12. The van der Waals surface area contributed by atoms with Gasteiger partial charge in [-0.15, -0.1) is 0 Å². The molecule has 0 saturated heterocycles. The van der Waals surface area contributed by atoms with E-state index in [1.165, 1.54) is 18.9 Å². The van der Waals surface area contributed by atoms with E-state index in [2.05, 4.69) is 0 Å². The molecule has 0 aromatic heterocycles. The summed E-state index contributed by atoms with van der Waals surface area (Å²) < 4.78 is 41.7. The normalized spacial score (nSPS) is 11.5. The molecule has 0 spiro atoms. The molecule has 0 aliphatic rings. The average Bonchev–Trinajstić information content (AvgIpc) is 2.39. The molecule has 1 rings (SSSR count). The maximum atomic E-state index is 13.8. The van der Waals surface area contributed by atoms with Crippen molar-refractivity contribution in [2.24, 2.45) is 0 Å². The predicted octanol–water partition coefficient (Wildman–Crippen LogP) is 2.17. The van der Waals surface area contributed by atoms with Crippen LogP contribution >= 0.6 is 10.7 Å². The Kier molecular flexibility index (Phi) is 6.12. The van der Waals surface area contributed by atoms with Gasteiger partial charge in [-0.3, -0.25) is 4.79 Å². The quantitative estimate of drug-likeness (QED) is 0.589. The Bertz CT molecular complexity index is 633. The average molecular weight is 338 g/mol. The number of amides is 1. The zero-order chi connectivity index (χ0) is 16.2. The molecule has 1 aromatic rings. The molecule has 8 heteroatoms. The van der Waals surface area contributed by atoms with E-state index in [-0.39, 0.29) is 11.1 Å². The van der Waals surface area contributed by atoms with Gasteiger partial charge in [0.05, 0.1) is 11.5 Å². The Morgan fingerprint density at radius 3 is 2.57 bits per heavy atom. The van der Waals surface area contributed by atoms with Gasteiger partial charge in [0.25, 0.3) is 15.0 Å². The third kappa shape index (κ3) is 4.66. The van der Waals surface area contributed by atoms with E-state index in [1.54, 1.807) is 0 Å². The Balaban J connectivity index is 3.09. The van der Waals surface area contributed by atoms with E-state index < -0.39 is 25.7 Å². The SMILES string of the molecule is CCOCCN(C)C(=O)c1cc(F)c(C)c(S(=O)(=O)Cl)c1. The van der Waals surface area contributed by atoms with Crippen molar-refractivity contribution in [3.05, 3.63) is 29.1 Å². The number of likely N-dealkylation sites (N-methyl/N-ethyl adjacent to an activating group) is 1. The van der Waals surface area contributed by atoms with Crippen LogP contribution in [0.3, 0.4) is 0 Å². The maximum Gasteiger partial charge on any atom is 0.261 e. The molecule has 0 unspecified atom stereocenters. The highest BCUT2D eigenvalue weighted by atomic mass is 35.7. The van der Waals surface area contributed by atoms with E-state index in [9.17, 15) is 17.6 Å². The minimum Gasteiger partial charge on any atom is -0.380 e. The summed E-state index contributed by atoms with van der Waals surface area (Å²) in [6, 6.07) is 2.08. The predicted molar refractivity (Wildman–Crippen MR) is 77.6 cm³/mol. The van der Waals surface area contributed by atoms with Crippen molar-refractivity contribution < 1.29 is 22.3 Å². The molecular weight excluding hydrogens is 321 g/mol. The summed E-state index contributed by atoms with van der Waals surface area (Å²) in [6.45, 7) is 4.29. The minimum absolute atomic E-state index is 0.0728. The monoisotopic (exact) mass is 337 g/mol. The first-order valence-corrected chi connectivity index (χ1v) is 8.57. The third-order valence-corrected chi connectivity index (χ3v) is 4.38. The first kappa shape index (κ1) is 17.9. The Morgan fingerprint density at radius 2 is 2.05 bits per heavy atom. The van der Waals surface area contributed by atoms with Crippen molar-refractivity contribution in [1.82, 2.24) is 4.90 Å². The van der Waals surface area contributed by atoms with Gasteiger partial charge in [0.15, 0.2) is 0 Å². The molecule has 118 valence electrons. The largest absolute Gasteiger partial charge is 0.380 e. The van der Waals surface area contributed by atoms with E-state index >= 15 is 0 Å². The standard InChI is InChI=1S/C13H17ClFNO4S/c1-4-20-6-5-16(3)13(17)10-7-11(15)9(2)12(8-10)21(14,18)19/h7-8H,4-6H2,1-3H3. The molecule has 1 aromatic carbocycles. The second-order valence-electron chi connectivity index (χ2n) is 4.44. The number of hydrogen-bond donors (Lipinski definition) is 0. The second kappa shape index (κ2) is 7.20. The van der Waals surface area contributed by atoms with Gasteiger partial charge in [-0.05, 0) is 26.0 Å². The molecule has 0 radical (unpaired) electrons. The van der Waals surface area contributed by atoms with Gasteiger partial charge in [-0.2, -0.15) is 0 Å². The van der Waals surface area contributed by atoms with Crippen molar-refractivity contribution in [3.8, 4) is 0 Å². The van der Waals surface area contributed by atoms with Gasteiger partial charge in [0, 0.05) is 42.0 Å². The molecule has 0 atom stereocenters. The smallest absolute Gasteiger partial charge is 0.261 e. The summed E-state index contributed by atoms with van der Waals surface area (Å²) in [5.74, 6) is -1.30. The van der Waals surface area contributed by atoms with Crippen LogP contribution < -0.4 is 0 Å². The van der Waals surface area contributed by atoms with Gasteiger partial charge in [0.2, 0.25) is 0 Å². The van der Waals surface area contributed by atoms with E-state index in [0.29, 0.717) is 19.8 Å². The van der Waals surface area contributed by atoms with Crippen LogP contribution in [0.5, 0.6) is 0 Å². The highest BCUT2D eigenvalue weighted by molar-refractivity contribution is 8.13. The summed E-state index contributed by atoms with van der Waals surface area (Å²) in [5, 5.41) is 0. The molecule has 0 fully saturated rings. The van der Waals surface area contributed by atoms with E-state index in [0.717, 1.165) is 12.1 Å². The lowest BCUT2D eigenvalue weighted by molar-refractivity contribution is 0.0709. The number of carbonyl (C=O) groups excluding carboxylic acids is 1. The van der Waals surface area contributed by atoms with Gasteiger partial charge in [-0.25, -0.2) is 12.8 Å². The Hall–Kier alpha value is -1.18. The van der Waals surface area contributed by atoms with Crippen molar-refractivity contribution in [1.29, 1.82) is 0 Å². The van der Waals surface area contributed by atoms with Crippen LogP contribution in [0.1, 0.15) is 22.8 Å². The summed E-state index contributed by atoms with van der Waals surface area (Å²) >= 11 is 0. The first-order valence-electron chi connectivity index (χ1n) is 6.26. The number of benzene rings is 1. The van der Waals surface area contributed by atoms with Crippen LogP contribution in [0.4, 0.5) is 4.39 Å². The van der Waals surface area contributed by atoms with E-state index in [4.69, 9.17) is 15.4 Å². The third-order valence-electron chi connectivity index (χ3n) is 2.93. The van der Waals surface area contributed by atoms with Crippen LogP contribution in [-0.4, -0.2) is 46.0 Å². The fraction of sp³-hybridized carbons (Fsp3) is 0.462. The number of hydrogen-bond acceptors (Lipinski definition) is 4. The number of halogens is 2. The summed E-state index contributed by atoms with van der Waals surface area (Å²) in [4.78, 5) is 13.1.